The Morgan fingerprint density at radius 3 is 2.31 bits per heavy atom. The lowest BCUT2D eigenvalue weighted by atomic mass is 10.1. The van der Waals surface area contributed by atoms with Crippen LogP contribution in [0.4, 0.5) is 4.39 Å². The molecule has 0 N–H and O–H groups in total. The summed E-state index contributed by atoms with van der Waals surface area (Å²) in [6, 6.07) is 24.6. The number of rotatable bonds is 8. The summed E-state index contributed by atoms with van der Waals surface area (Å²) >= 11 is 0. The van der Waals surface area contributed by atoms with Crippen LogP contribution in [0.3, 0.4) is 0 Å². The van der Waals surface area contributed by atoms with Crippen LogP contribution in [-0.4, -0.2) is 25.8 Å². The van der Waals surface area contributed by atoms with Gasteiger partial charge < -0.3 is 9.08 Å². The second kappa shape index (κ2) is 10.3. The van der Waals surface area contributed by atoms with Crippen LogP contribution in [0.5, 0.6) is 5.75 Å². The van der Waals surface area contributed by atoms with E-state index < -0.39 is 15.9 Å². The highest BCUT2D eigenvalue weighted by Crippen LogP contribution is 2.23. The highest BCUT2D eigenvalue weighted by Gasteiger charge is 2.20. The lowest BCUT2D eigenvalue weighted by molar-refractivity contribution is 0.0722. The molecule has 0 heterocycles. The summed E-state index contributed by atoms with van der Waals surface area (Å²) in [7, 11) is -4.12. The van der Waals surface area contributed by atoms with Gasteiger partial charge in [0.05, 0.1) is 0 Å². The van der Waals surface area contributed by atoms with Crippen LogP contribution in [0.2, 0.25) is 0 Å². The van der Waals surface area contributed by atoms with E-state index in [9.17, 15) is 17.6 Å². The average Bonchev–Trinajstić information content (AvgIpc) is 2.83. The van der Waals surface area contributed by atoms with E-state index in [0.29, 0.717) is 12.1 Å². The van der Waals surface area contributed by atoms with Crippen molar-refractivity contribution in [2.24, 2.45) is 5.92 Å². The van der Waals surface area contributed by atoms with Crippen molar-refractivity contribution in [2.75, 3.05) is 6.54 Å². The van der Waals surface area contributed by atoms with Gasteiger partial charge in [0.1, 0.15) is 16.5 Å². The second-order valence-corrected chi connectivity index (χ2v) is 10.3. The highest BCUT2D eigenvalue weighted by molar-refractivity contribution is 7.87. The van der Waals surface area contributed by atoms with Gasteiger partial charge in [0.25, 0.3) is 5.91 Å². The Bertz CT molecular complexity index is 1450. The molecule has 0 unspecified atom stereocenters. The third kappa shape index (κ3) is 6.05. The summed E-state index contributed by atoms with van der Waals surface area (Å²) in [5, 5.41) is 2.05. The number of fused-ring (bicyclic) bond motifs is 1. The largest absolute Gasteiger partial charge is 0.379 e. The van der Waals surface area contributed by atoms with Crippen molar-refractivity contribution in [3.05, 3.63) is 108 Å². The second-order valence-electron chi connectivity index (χ2n) is 8.78. The van der Waals surface area contributed by atoms with Crippen molar-refractivity contribution >= 4 is 26.8 Å². The van der Waals surface area contributed by atoms with Crippen LogP contribution < -0.4 is 4.18 Å². The fraction of sp³-hybridized carbons (Fsp3) is 0.179. The molecule has 4 aromatic rings. The van der Waals surface area contributed by atoms with Gasteiger partial charge in [0.15, 0.2) is 0 Å². The maximum absolute atomic E-state index is 13.4. The van der Waals surface area contributed by atoms with Crippen molar-refractivity contribution in [3.8, 4) is 5.75 Å². The third-order valence-corrected chi connectivity index (χ3v) is 6.71. The van der Waals surface area contributed by atoms with Crippen LogP contribution in [-0.2, 0) is 16.7 Å². The molecular formula is C28H26FNO4S. The van der Waals surface area contributed by atoms with Gasteiger partial charge in [-0.15, -0.1) is 0 Å². The number of carbonyl (C=O) groups excluding carboxylic acids is 1. The van der Waals surface area contributed by atoms with E-state index in [2.05, 4.69) is 0 Å². The van der Waals surface area contributed by atoms with E-state index in [-0.39, 0.29) is 29.0 Å². The molecular weight excluding hydrogens is 465 g/mol. The molecule has 7 heteroatoms. The number of hydrogen-bond acceptors (Lipinski definition) is 4. The number of nitrogens with zero attached hydrogens (tertiary/aromatic N) is 1. The monoisotopic (exact) mass is 491 g/mol. The summed E-state index contributed by atoms with van der Waals surface area (Å²) in [4.78, 5) is 15.0. The smallest absolute Gasteiger partial charge is 0.339 e. The first kappa shape index (κ1) is 24.4. The lowest BCUT2D eigenvalue weighted by Gasteiger charge is -2.25. The molecule has 180 valence electrons. The lowest BCUT2D eigenvalue weighted by Crippen LogP contribution is -2.33. The zero-order chi connectivity index (χ0) is 25.0. The van der Waals surface area contributed by atoms with E-state index in [1.807, 2.05) is 62.4 Å². The number of benzene rings is 4. The first-order chi connectivity index (χ1) is 16.7. The van der Waals surface area contributed by atoms with E-state index >= 15 is 0 Å². The van der Waals surface area contributed by atoms with Crippen molar-refractivity contribution in [2.45, 2.75) is 25.3 Å². The van der Waals surface area contributed by atoms with Gasteiger partial charge in [0, 0.05) is 18.7 Å². The van der Waals surface area contributed by atoms with Gasteiger partial charge in [-0.2, -0.15) is 8.42 Å². The first-order valence-electron chi connectivity index (χ1n) is 11.3. The zero-order valence-corrected chi connectivity index (χ0v) is 20.3. The summed E-state index contributed by atoms with van der Waals surface area (Å²) in [5.74, 6) is -0.283. The van der Waals surface area contributed by atoms with Gasteiger partial charge in [-0.3, -0.25) is 4.79 Å². The molecule has 0 fully saturated rings. The SMILES string of the molecule is CC(C)CN(Cc1cccc(OS(=O)(=O)c2ccc(F)cc2)c1)C(=O)c1ccc2ccccc2c1. The van der Waals surface area contributed by atoms with Crippen LogP contribution >= 0.6 is 0 Å². The Kier molecular flexibility index (Phi) is 7.17. The van der Waals surface area contributed by atoms with Crippen LogP contribution in [0, 0.1) is 11.7 Å². The molecule has 0 saturated carbocycles. The average molecular weight is 492 g/mol. The molecule has 4 rings (SSSR count). The van der Waals surface area contributed by atoms with E-state index in [1.54, 1.807) is 17.0 Å². The van der Waals surface area contributed by atoms with Crippen molar-refractivity contribution in [1.29, 1.82) is 0 Å². The van der Waals surface area contributed by atoms with Crippen LogP contribution in [0.15, 0.2) is 95.9 Å². The maximum atomic E-state index is 13.4. The van der Waals surface area contributed by atoms with Crippen LogP contribution in [0.25, 0.3) is 10.8 Å². The molecule has 0 atom stereocenters. The molecule has 0 aliphatic heterocycles. The fourth-order valence-corrected chi connectivity index (χ4v) is 4.78. The molecule has 0 radical (unpaired) electrons. The summed E-state index contributed by atoms with van der Waals surface area (Å²) in [6.45, 7) is 4.90. The molecule has 1 amide bonds. The van der Waals surface area contributed by atoms with Gasteiger partial charge in [-0.05, 0) is 70.8 Å². The Morgan fingerprint density at radius 2 is 1.60 bits per heavy atom. The molecule has 0 saturated heterocycles. The van der Waals surface area contributed by atoms with Crippen molar-refractivity contribution in [1.82, 2.24) is 4.90 Å². The van der Waals surface area contributed by atoms with Gasteiger partial charge in [-0.1, -0.05) is 56.3 Å². The van der Waals surface area contributed by atoms with E-state index in [4.69, 9.17) is 4.18 Å². The minimum atomic E-state index is -4.12. The molecule has 0 aliphatic carbocycles. The minimum absolute atomic E-state index is 0.102. The molecule has 5 nitrogen and oxygen atoms in total. The first-order valence-corrected chi connectivity index (χ1v) is 12.7. The Hall–Kier alpha value is -3.71. The van der Waals surface area contributed by atoms with E-state index in [0.717, 1.165) is 40.6 Å². The molecule has 0 aliphatic rings. The van der Waals surface area contributed by atoms with Crippen molar-refractivity contribution in [3.63, 3.8) is 0 Å². The van der Waals surface area contributed by atoms with Gasteiger partial charge in [-0.25, -0.2) is 4.39 Å². The van der Waals surface area contributed by atoms with E-state index in [1.165, 1.54) is 6.07 Å². The van der Waals surface area contributed by atoms with Crippen LogP contribution in [0.1, 0.15) is 29.8 Å². The van der Waals surface area contributed by atoms with Gasteiger partial charge >= 0.3 is 10.1 Å². The highest BCUT2D eigenvalue weighted by atomic mass is 32.2. The van der Waals surface area contributed by atoms with Crippen molar-refractivity contribution < 1.29 is 21.8 Å². The predicted octanol–water partition coefficient (Wildman–Crippen LogP) is 6.05. The predicted molar refractivity (Wildman–Crippen MR) is 134 cm³/mol. The topological polar surface area (TPSA) is 63.7 Å². The summed E-state index contributed by atoms with van der Waals surface area (Å²) < 4.78 is 43.6. The number of hydrogen-bond donors (Lipinski definition) is 0. The minimum Gasteiger partial charge on any atom is -0.379 e. The molecule has 0 aromatic heterocycles. The zero-order valence-electron chi connectivity index (χ0n) is 19.5. The molecule has 4 aromatic carbocycles. The normalized spacial score (nSPS) is 11.5. The Morgan fingerprint density at radius 1 is 0.886 bits per heavy atom. The standard InChI is InChI=1S/C28H26FNO4S/c1-20(2)18-30(28(31)24-11-10-22-7-3-4-8-23(22)17-24)19-21-6-5-9-26(16-21)34-35(32,33)27-14-12-25(29)13-15-27/h3-17,20H,18-19H2,1-2H3. The fourth-order valence-electron chi connectivity index (χ4n) is 3.86. The number of amides is 1. The molecule has 0 spiro atoms. The molecule has 35 heavy (non-hydrogen) atoms. The Balaban J connectivity index is 1.56. The Labute approximate surface area is 204 Å². The molecule has 0 bridgehead atoms. The van der Waals surface area contributed by atoms with Gasteiger partial charge in [0.2, 0.25) is 0 Å². The maximum Gasteiger partial charge on any atom is 0.339 e. The summed E-state index contributed by atoms with van der Waals surface area (Å²) in [5.41, 5.74) is 1.32. The number of halogens is 1. The number of carbonyl (C=O) groups is 1. The quantitative estimate of drug-likeness (QED) is 0.282. The third-order valence-electron chi connectivity index (χ3n) is 5.45. The summed E-state index contributed by atoms with van der Waals surface area (Å²) in [6.07, 6.45) is 0.